The number of aryl methyl sites for hydroxylation is 1. The molecule has 9 nitrogen and oxygen atoms in total. The Kier molecular flexibility index (Phi) is 5.13. The van der Waals surface area contributed by atoms with Crippen LogP contribution in [0.4, 0.5) is 4.79 Å². The number of alkyl halides is 2. The van der Waals surface area contributed by atoms with E-state index in [4.69, 9.17) is 23.2 Å². The van der Waals surface area contributed by atoms with E-state index in [1.165, 1.54) is 7.05 Å². The van der Waals surface area contributed by atoms with Crippen molar-refractivity contribution in [2.45, 2.75) is 35.4 Å². The van der Waals surface area contributed by atoms with E-state index in [0.717, 1.165) is 12.0 Å². The fourth-order valence-corrected chi connectivity index (χ4v) is 7.29. The Bertz CT molecular complexity index is 1260. The minimum atomic E-state index is -1.98. The molecule has 2 heterocycles. The number of allylic oxidation sites excluding steroid dienone is 2. The zero-order valence-corrected chi connectivity index (χ0v) is 20.6. The number of likely N-dealkylation sites (tertiary alicyclic amines) is 2. The zero-order chi connectivity index (χ0) is 25.6. The van der Waals surface area contributed by atoms with Crippen LogP contribution < -0.4 is 0 Å². The van der Waals surface area contributed by atoms with Gasteiger partial charge in [-0.2, -0.15) is 4.90 Å². The summed E-state index contributed by atoms with van der Waals surface area (Å²) in [4.78, 5) is 62.7. The van der Waals surface area contributed by atoms with E-state index in [0.29, 0.717) is 16.0 Å². The van der Waals surface area contributed by atoms with Gasteiger partial charge in [-0.3, -0.25) is 24.1 Å². The number of carbonyl (C=O) groups is 5. The zero-order valence-electron chi connectivity index (χ0n) is 19.1. The van der Waals surface area contributed by atoms with Gasteiger partial charge in [-0.15, -0.1) is 23.2 Å². The Morgan fingerprint density at radius 1 is 1.11 bits per heavy atom. The topological polar surface area (TPSA) is 121 Å². The standard InChI is InChI=1S/C24H22Cl2N2O7/c1-10-5-4-6-13(17(10)29)16-11-7-8-12-15(19(31)28(18(12)30)22(34)35-3)14(11)9-23(25)20(32)27(2)21(33)24(16,23)26/h4-7,12,14-16,29H,8-9H2,1-3H3/t12-,14+,15-,16+,23+,24-/m0/s1. The molecule has 1 aromatic rings. The van der Waals surface area contributed by atoms with Crippen LogP contribution in [0, 0.1) is 24.7 Å². The van der Waals surface area contributed by atoms with E-state index in [-0.39, 0.29) is 24.2 Å². The number of hydrogen-bond donors (Lipinski definition) is 1. The fourth-order valence-electron chi connectivity index (χ4n) is 6.28. The summed E-state index contributed by atoms with van der Waals surface area (Å²) < 4.78 is 4.63. The predicted octanol–water partition coefficient (Wildman–Crippen LogP) is 2.46. The van der Waals surface area contributed by atoms with E-state index in [9.17, 15) is 29.1 Å². The number of nitrogens with zero attached hydrogens (tertiary/aromatic N) is 2. The van der Waals surface area contributed by atoms with E-state index < -0.39 is 63.1 Å². The maximum Gasteiger partial charge on any atom is 0.423 e. The second kappa shape index (κ2) is 7.54. The van der Waals surface area contributed by atoms with Crippen LogP contribution in [0.15, 0.2) is 29.8 Å². The molecule has 0 unspecified atom stereocenters. The smallest absolute Gasteiger partial charge is 0.423 e. The van der Waals surface area contributed by atoms with Gasteiger partial charge in [0.1, 0.15) is 5.75 Å². The Morgan fingerprint density at radius 3 is 2.46 bits per heavy atom. The van der Waals surface area contributed by atoms with Gasteiger partial charge >= 0.3 is 6.09 Å². The van der Waals surface area contributed by atoms with Crippen molar-refractivity contribution in [1.29, 1.82) is 0 Å². The van der Waals surface area contributed by atoms with Gasteiger partial charge in [0.05, 0.1) is 18.9 Å². The summed E-state index contributed by atoms with van der Waals surface area (Å²) in [5, 5.41) is 11.0. The van der Waals surface area contributed by atoms with Crippen LogP contribution in [0.5, 0.6) is 5.75 Å². The van der Waals surface area contributed by atoms with Crippen LogP contribution in [0.25, 0.3) is 0 Å². The summed E-state index contributed by atoms with van der Waals surface area (Å²) in [7, 11) is 2.36. The monoisotopic (exact) mass is 520 g/mol. The quantitative estimate of drug-likeness (QED) is 0.342. The van der Waals surface area contributed by atoms with E-state index >= 15 is 0 Å². The first-order valence-corrected chi connectivity index (χ1v) is 11.8. The Hall–Kier alpha value is -2.91. The number of phenolic OH excluding ortho intramolecular Hbond substituents is 1. The van der Waals surface area contributed by atoms with Crippen LogP contribution in [0.2, 0.25) is 0 Å². The molecule has 184 valence electrons. The number of hydrogen-bond acceptors (Lipinski definition) is 7. The van der Waals surface area contributed by atoms with Gasteiger partial charge in [-0.1, -0.05) is 29.8 Å². The number of imide groups is 4. The van der Waals surface area contributed by atoms with Gasteiger partial charge in [0.25, 0.3) is 11.8 Å². The molecule has 1 aromatic carbocycles. The third-order valence-corrected chi connectivity index (χ3v) is 9.36. The first-order chi connectivity index (χ1) is 16.4. The summed E-state index contributed by atoms with van der Waals surface area (Å²) in [6, 6.07) is 4.97. The van der Waals surface area contributed by atoms with Crippen LogP contribution in [-0.2, 0) is 23.9 Å². The largest absolute Gasteiger partial charge is 0.507 e. The number of phenols is 1. The molecule has 2 aliphatic carbocycles. The summed E-state index contributed by atoms with van der Waals surface area (Å²) >= 11 is 14.0. The third kappa shape index (κ3) is 2.73. The SMILES string of the molecule is COC(=O)N1C(=O)[C@H]2[C@H](CC=C3[C@H]2C[C@@]2(Cl)C(=O)N(C)C(=O)[C@@]2(Cl)[C@H]3c2cccc(C)c2O)C1=O. The van der Waals surface area contributed by atoms with Gasteiger partial charge in [-0.05, 0) is 31.2 Å². The molecule has 35 heavy (non-hydrogen) atoms. The molecular weight excluding hydrogens is 499 g/mol. The number of para-hydroxylation sites is 1. The maximum atomic E-state index is 13.4. The van der Waals surface area contributed by atoms with Crippen molar-refractivity contribution in [2.24, 2.45) is 17.8 Å². The number of benzene rings is 1. The van der Waals surface area contributed by atoms with Crippen molar-refractivity contribution in [1.82, 2.24) is 9.80 Å². The number of aromatic hydroxyl groups is 1. The predicted molar refractivity (Wildman–Crippen MR) is 123 cm³/mol. The molecule has 1 N–H and O–H groups in total. The number of methoxy groups -OCH3 is 1. The normalized spacial score (nSPS) is 36.1. The third-order valence-electron chi connectivity index (χ3n) is 7.95. The highest BCUT2D eigenvalue weighted by atomic mass is 35.5. The van der Waals surface area contributed by atoms with Crippen LogP contribution in [0.1, 0.15) is 29.9 Å². The van der Waals surface area contributed by atoms with Gasteiger partial charge < -0.3 is 9.84 Å². The molecule has 5 amide bonds. The van der Waals surface area contributed by atoms with Crippen molar-refractivity contribution < 1.29 is 33.8 Å². The Morgan fingerprint density at radius 2 is 1.80 bits per heavy atom. The first kappa shape index (κ1) is 23.8. The minimum Gasteiger partial charge on any atom is -0.507 e. The molecule has 0 radical (unpaired) electrons. The average molecular weight is 521 g/mol. The summed E-state index contributed by atoms with van der Waals surface area (Å²) in [5.74, 6) is -6.67. The number of carbonyl (C=O) groups excluding carboxylic acids is 5. The lowest BCUT2D eigenvalue weighted by atomic mass is 9.56. The second-order valence-corrected chi connectivity index (χ2v) is 10.7. The number of rotatable bonds is 1. The van der Waals surface area contributed by atoms with Crippen LogP contribution in [-0.4, -0.2) is 68.5 Å². The van der Waals surface area contributed by atoms with E-state index in [2.05, 4.69) is 4.74 Å². The first-order valence-electron chi connectivity index (χ1n) is 11.1. The van der Waals surface area contributed by atoms with Crippen molar-refractivity contribution in [3.8, 4) is 5.75 Å². The summed E-state index contributed by atoms with van der Waals surface area (Å²) in [6.45, 7) is 1.68. The summed E-state index contributed by atoms with van der Waals surface area (Å²) in [6.07, 6.45) is 0.550. The highest BCUT2D eigenvalue weighted by molar-refractivity contribution is 6.53. The molecular formula is C24H22Cl2N2O7. The van der Waals surface area contributed by atoms with Gasteiger partial charge in [0.15, 0.2) is 9.75 Å². The molecule has 0 aromatic heterocycles. The summed E-state index contributed by atoms with van der Waals surface area (Å²) in [5.41, 5.74) is 1.34. The molecule has 4 aliphatic rings. The molecule has 2 aliphatic heterocycles. The van der Waals surface area contributed by atoms with Gasteiger partial charge in [0.2, 0.25) is 11.8 Å². The molecule has 0 bridgehead atoms. The Labute approximate surface area is 210 Å². The molecule has 5 rings (SSSR count). The van der Waals surface area contributed by atoms with Gasteiger partial charge in [0, 0.05) is 18.5 Å². The lowest BCUT2D eigenvalue weighted by molar-refractivity contribution is -0.139. The highest BCUT2D eigenvalue weighted by Crippen LogP contribution is 2.66. The minimum absolute atomic E-state index is 0.109. The molecule has 1 saturated carbocycles. The number of halogens is 2. The maximum absolute atomic E-state index is 13.4. The molecule has 11 heteroatoms. The van der Waals surface area contributed by atoms with Gasteiger partial charge in [-0.25, -0.2) is 4.79 Å². The van der Waals surface area contributed by atoms with Crippen molar-refractivity contribution >= 4 is 52.9 Å². The number of ether oxygens (including phenoxy) is 1. The van der Waals surface area contributed by atoms with Crippen molar-refractivity contribution in [3.63, 3.8) is 0 Å². The molecule has 3 fully saturated rings. The lowest BCUT2D eigenvalue weighted by Gasteiger charge is -2.50. The van der Waals surface area contributed by atoms with Crippen molar-refractivity contribution in [2.75, 3.05) is 14.2 Å². The Balaban J connectivity index is 1.74. The molecule has 2 saturated heterocycles. The average Bonchev–Trinajstić information content (AvgIpc) is 3.16. The highest BCUT2D eigenvalue weighted by Gasteiger charge is 2.76. The lowest BCUT2D eigenvalue weighted by Crippen LogP contribution is -2.60. The van der Waals surface area contributed by atoms with Crippen LogP contribution >= 0.6 is 23.2 Å². The van der Waals surface area contributed by atoms with E-state index in [1.807, 2.05) is 0 Å². The van der Waals surface area contributed by atoms with Crippen molar-refractivity contribution in [3.05, 3.63) is 41.0 Å². The number of fused-ring (bicyclic) bond motifs is 4. The van der Waals surface area contributed by atoms with E-state index in [1.54, 1.807) is 31.2 Å². The second-order valence-electron chi connectivity index (χ2n) is 9.49. The van der Waals surface area contributed by atoms with Crippen LogP contribution in [0.3, 0.4) is 0 Å². The fraction of sp³-hybridized carbons (Fsp3) is 0.458. The molecule has 6 atom stereocenters. The number of amides is 5. The molecule has 0 spiro atoms.